The van der Waals surface area contributed by atoms with E-state index in [0.29, 0.717) is 38.7 Å². The number of ether oxygens (including phenoxy) is 1. The van der Waals surface area contributed by atoms with Crippen LogP contribution in [0.4, 0.5) is 4.79 Å². The summed E-state index contributed by atoms with van der Waals surface area (Å²) in [7, 11) is 5.71. The molecule has 1 N–H and O–H groups in total. The number of piperazine rings is 1. The summed E-state index contributed by atoms with van der Waals surface area (Å²) in [6.07, 6.45) is 5.49. The standard InChI is InChI=1S/C28H41N7O3/c1-22(19-30-25(29-2)34-17-15-33(16-18-34)20-24(36)38-5)35-21-27(31-26(35)37)11-13-28(14-12-27,32(3)4)23-9-7-6-8-10-23/h6-10,19H,2,11-18,20-21H2,1,3-5H3,(H,31,37)/b22-19+,30-25?. The molecule has 1 aromatic carbocycles. The molecule has 1 saturated carbocycles. The van der Waals surface area contributed by atoms with E-state index in [0.717, 1.165) is 31.4 Å². The summed E-state index contributed by atoms with van der Waals surface area (Å²) >= 11 is 0. The first-order valence-corrected chi connectivity index (χ1v) is 13.3. The molecule has 206 valence electrons. The van der Waals surface area contributed by atoms with Crippen LogP contribution in [0.15, 0.2) is 52.2 Å². The van der Waals surface area contributed by atoms with E-state index in [2.05, 4.69) is 71.3 Å². The molecule has 38 heavy (non-hydrogen) atoms. The van der Waals surface area contributed by atoms with Gasteiger partial charge in [0.15, 0.2) is 0 Å². The Bertz CT molecular complexity index is 1070. The normalized spacial score (nSPS) is 27.1. The number of nitrogens with zero attached hydrogens (tertiary/aromatic N) is 6. The number of carbonyl (C=O) groups is 2. The molecule has 3 aliphatic rings. The molecule has 0 radical (unpaired) electrons. The minimum atomic E-state index is -0.236. The Hall–Kier alpha value is -3.24. The number of hydrogen-bond acceptors (Lipinski definition) is 6. The lowest BCUT2D eigenvalue weighted by atomic mass is 9.69. The molecule has 0 atom stereocenters. The van der Waals surface area contributed by atoms with E-state index in [1.807, 2.05) is 16.7 Å². The molecule has 0 bridgehead atoms. The fourth-order valence-electron chi connectivity index (χ4n) is 5.96. The fraction of sp³-hybridized carbons (Fsp3) is 0.571. The minimum Gasteiger partial charge on any atom is -0.468 e. The van der Waals surface area contributed by atoms with Gasteiger partial charge < -0.3 is 15.0 Å². The van der Waals surface area contributed by atoms with E-state index in [-0.39, 0.29) is 29.6 Å². The monoisotopic (exact) mass is 523 g/mol. The molecule has 2 aliphatic heterocycles. The predicted octanol–water partition coefficient (Wildman–Crippen LogP) is 2.49. The van der Waals surface area contributed by atoms with Gasteiger partial charge in [-0.1, -0.05) is 30.3 Å². The van der Waals surface area contributed by atoms with Crippen LogP contribution in [0.3, 0.4) is 0 Å². The van der Waals surface area contributed by atoms with E-state index in [9.17, 15) is 9.59 Å². The van der Waals surface area contributed by atoms with Crippen molar-refractivity contribution in [1.82, 2.24) is 24.9 Å². The van der Waals surface area contributed by atoms with Crippen LogP contribution in [-0.2, 0) is 15.1 Å². The molecule has 2 saturated heterocycles. The number of benzene rings is 1. The van der Waals surface area contributed by atoms with Gasteiger partial charge in [-0.3, -0.25) is 19.5 Å². The van der Waals surface area contributed by atoms with E-state index in [1.54, 1.807) is 11.1 Å². The van der Waals surface area contributed by atoms with E-state index in [1.165, 1.54) is 12.7 Å². The fourth-order valence-corrected chi connectivity index (χ4v) is 5.96. The van der Waals surface area contributed by atoms with Gasteiger partial charge in [0, 0.05) is 37.4 Å². The molecule has 10 heteroatoms. The first-order chi connectivity index (χ1) is 18.2. The molecule has 0 unspecified atom stereocenters. The number of methoxy groups -OCH3 is 1. The number of allylic oxidation sites excluding steroid dienone is 1. The first-order valence-electron chi connectivity index (χ1n) is 13.3. The van der Waals surface area contributed by atoms with Gasteiger partial charge in [-0.2, -0.15) is 0 Å². The zero-order valence-corrected chi connectivity index (χ0v) is 23.2. The highest BCUT2D eigenvalue weighted by atomic mass is 16.5. The first kappa shape index (κ1) is 27.8. The Morgan fingerprint density at radius 1 is 1.13 bits per heavy atom. The Kier molecular flexibility index (Phi) is 8.52. The molecule has 1 aliphatic carbocycles. The second kappa shape index (κ2) is 11.7. The zero-order chi connectivity index (χ0) is 27.3. The quantitative estimate of drug-likeness (QED) is 0.350. The Morgan fingerprint density at radius 3 is 2.37 bits per heavy atom. The van der Waals surface area contributed by atoms with Gasteiger partial charge in [-0.05, 0) is 59.0 Å². The number of nitrogens with one attached hydrogen (secondary N) is 1. The lowest BCUT2D eigenvalue weighted by Crippen LogP contribution is -2.53. The molecule has 3 fully saturated rings. The van der Waals surface area contributed by atoms with Crippen molar-refractivity contribution in [3.05, 3.63) is 47.8 Å². The van der Waals surface area contributed by atoms with Crippen LogP contribution in [-0.4, -0.2) is 110 Å². The summed E-state index contributed by atoms with van der Waals surface area (Å²) in [4.78, 5) is 41.5. The third kappa shape index (κ3) is 5.76. The minimum absolute atomic E-state index is 0.0226. The van der Waals surface area contributed by atoms with E-state index < -0.39 is 0 Å². The highest BCUT2D eigenvalue weighted by Gasteiger charge is 2.50. The van der Waals surface area contributed by atoms with Crippen molar-refractivity contribution in [2.24, 2.45) is 9.98 Å². The number of rotatable bonds is 6. The van der Waals surface area contributed by atoms with Gasteiger partial charge in [0.05, 0.1) is 31.9 Å². The van der Waals surface area contributed by atoms with Crippen LogP contribution >= 0.6 is 0 Å². The van der Waals surface area contributed by atoms with Crippen LogP contribution < -0.4 is 5.32 Å². The van der Waals surface area contributed by atoms with Gasteiger partial charge in [-0.25, -0.2) is 14.8 Å². The Morgan fingerprint density at radius 2 is 1.79 bits per heavy atom. The number of hydrogen-bond donors (Lipinski definition) is 1. The van der Waals surface area contributed by atoms with E-state index in [4.69, 9.17) is 4.74 Å². The average molecular weight is 524 g/mol. The van der Waals surface area contributed by atoms with Gasteiger partial charge in [0.1, 0.15) is 0 Å². The van der Waals surface area contributed by atoms with Crippen LogP contribution in [0.2, 0.25) is 0 Å². The SMILES string of the molecule is C=NC(=N/C=C(\C)N1CC2(CCC(c3ccccc3)(N(C)C)CC2)NC1=O)N1CCN(CC(=O)OC)CC1. The highest BCUT2D eigenvalue weighted by Crippen LogP contribution is 2.46. The van der Waals surface area contributed by atoms with Crippen molar-refractivity contribution in [2.45, 2.75) is 43.7 Å². The lowest BCUT2D eigenvalue weighted by Gasteiger charge is -2.48. The van der Waals surface area contributed by atoms with Crippen molar-refractivity contribution in [3.63, 3.8) is 0 Å². The van der Waals surface area contributed by atoms with Crippen molar-refractivity contribution < 1.29 is 14.3 Å². The van der Waals surface area contributed by atoms with Crippen molar-refractivity contribution in [3.8, 4) is 0 Å². The van der Waals surface area contributed by atoms with Gasteiger partial charge >= 0.3 is 12.0 Å². The van der Waals surface area contributed by atoms with Crippen molar-refractivity contribution in [2.75, 3.05) is 60.5 Å². The zero-order valence-electron chi connectivity index (χ0n) is 23.2. The molecule has 10 nitrogen and oxygen atoms in total. The summed E-state index contributed by atoms with van der Waals surface area (Å²) < 4.78 is 4.76. The summed E-state index contributed by atoms with van der Waals surface area (Å²) in [6, 6.07) is 10.6. The average Bonchev–Trinajstić information content (AvgIpc) is 3.26. The van der Waals surface area contributed by atoms with Crippen molar-refractivity contribution in [1.29, 1.82) is 0 Å². The molecular weight excluding hydrogens is 482 g/mol. The van der Waals surface area contributed by atoms with Gasteiger partial charge in [0.2, 0.25) is 5.96 Å². The Labute approximate surface area is 226 Å². The molecule has 2 amide bonds. The third-order valence-electron chi connectivity index (χ3n) is 8.45. The summed E-state index contributed by atoms with van der Waals surface area (Å²) in [6.45, 7) is 9.30. The molecular formula is C28H41N7O3. The number of guanidine groups is 1. The van der Waals surface area contributed by atoms with Crippen molar-refractivity contribution >= 4 is 24.7 Å². The maximum Gasteiger partial charge on any atom is 0.322 e. The second-order valence-corrected chi connectivity index (χ2v) is 10.8. The molecule has 4 rings (SSSR count). The molecule has 1 spiro atoms. The van der Waals surface area contributed by atoms with Crippen LogP contribution in [0.1, 0.15) is 38.2 Å². The van der Waals surface area contributed by atoms with Crippen LogP contribution in [0.25, 0.3) is 0 Å². The lowest BCUT2D eigenvalue weighted by molar-refractivity contribution is -0.142. The topological polar surface area (TPSA) is 93.1 Å². The summed E-state index contributed by atoms with van der Waals surface area (Å²) in [5, 5.41) is 3.31. The molecule has 2 heterocycles. The van der Waals surface area contributed by atoms with E-state index >= 15 is 0 Å². The smallest absolute Gasteiger partial charge is 0.322 e. The second-order valence-electron chi connectivity index (χ2n) is 10.8. The number of amides is 2. The molecule has 0 aromatic heterocycles. The molecule has 1 aromatic rings. The predicted molar refractivity (Wildman–Crippen MR) is 149 cm³/mol. The summed E-state index contributed by atoms with van der Waals surface area (Å²) in [5.74, 6) is 0.285. The number of esters is 1. The maximum atomic E-state index is 13.0. The summed E-state index contributed by atoms with van der Waals surface area (Å²) in [5.41, 5.74) is 1.85. The Balaban J connectivity index is 1.39. The van der Waals surface area contributed by atoms with Gasteiger partial charge in [-0.15, -0.1) is 0 Å². The largest absolute Gasteiger partial charge is 0.468 e. The highest BCUT2D eigenvalue weighted by molar-refractivity contribution is 5.85. The third-order valence-corrected chi connectivity index (χ3v) is 8.45. The van der Waals surface area contributed by atoms with Crippen LogP contribution in [0, 0.1) is 0 Å². The van der Waals surface area contributed by atoms with Gasteiger partial charge in [0.25, 0.3) is 0 Å². The number of urea groups is 1. The number of aliphatic imine (C=N–C) groups is 2. The maximum absolute atomic E-state index is 13.0. The van der Waals surface area contributed by atoms with Crippen LogP contribution in [0.5, 0.6) is 0 Å². The number of carbonyl (C=O) groups excluding carboxylic acids is 2.